The summed E-state index contributed by atoms with van der Waals surface area (Å²) in [7, 11) is 3.41. The molecular weight excluding hydrogens is 331 g/mol. The molecule has 0 aliphatic carbocycles. The Balaban J connectivity index is 2.44. The Kier molecular flexibility index (Phi) is 6.03. The third-order valence-corrected chi connectivity index (χ3v) is 3.92. The second-order valence-corrected chi connectivity index (χ2v) is 5.44. The van der Waals surface area contributed by atoms with Crippen LogP contribution in [0.15, 0.2) is 53.6 Å². The molecule has 2 rings (SSSR count). The van der Waals surface area contributed by atoms with Crippen LogP contribution in [0.2, 0.25) is 0 Å². The average Bonchev–Trinajstić information content (AvgIpc) is 2.59. The number of halogens is 3. The molecule has 0 saturated carbocycles. The van der Waals surface area contributed by atoms with E-state index >= 15 is 0 Å². The first kappa shape index (κ1) is 18.8. The number of hydrogen-bond donors (Lipinski definition) is 2. The van der Waals surface area contributed by atoms with Gasteiger partial charge in [-0.05, 0) is 49.0 Å². The van der Waals surface area contributed by atoms with Gasteiger partial charge in [-0.25, -0.2) is 0 Å². The van der Waals surface area contributed by atoms with Crippen molar-refractivity contribution in [2.24, 2.45) is 5.11 Å². The van der Waals surface area contributed by atoms with Gasteiger partial charge in [-0.1, -0.05) is 35.4 Å². The molecule has 1 unspecified atom stereocenters. The van der Waals surface area contributed by atoms with Gasteiger partial charge in [-0.15, -0.1) is 0 Å². The molecule has 0 heterocycles. The van der Waals surface area contributed by atoms with E-state index in [-0.39, 0.29) is 6.04 Å². The van der Waals surface area contributed by atoms with E-state index < -0.39 is 17.8 Å². The number of nitrogens with zero attached hydrogens (tertiary/aromatic N) is 3. The third-order valence-electron chi connectivity index (χ3n) is 3.92. The molecule has 0 saturated heterocycles. The molecule has 0 spiro atoms. The average molecular weight is 349 g/mol. The van der Waals surface area contributed by atoms with E-state index in [1.807, 2.05) is 6.07 Å². The molecule has 0 aliphatic rings. The van der Waals surface area contributed by atoms with Gasteiger partial charge in [-0.2, -0.15) is 13.2 Å². The van der Waals surface area contributed by atoms with Crippen molar-refractivity contribution >= 4 is 5.69 Å². The fourth-order valence-corrected chi connectivity index (χ4v) is 2.79. The molecule has 0 aromatic heterocycles. The van der Waals surface area contributed by atoms with E-state index in [0.29, 0.717) is 11.3 Å². The highest BCUT2D eigenvalue weighted by Gasteiger charge is 2.32. The second kappa shape index (κ2) is 8.02. The standard InChI is InChI=1S/C17H18F3N5/c1-22-15(11-5-3-7-13(9-11)17(18,19)20)16(23-2)12-6-4-8-14(10-12)24-25-21/h3-10,15-16,22-23H,1-2H3/t15?,16-/m1/s1. The number of hydrogen-bond acceptors (Lipinski definition) is 3. The van der Waals surface area contributed by atoms with E-state index in [4.69, 9.17) is 5.53 Å². The van der Waals surface area contributed by atoms with E-state index in [1.54, 1.807) is 38.4 Å². The summed E-state index contributed by atoms with van der Waals surface area (Å²) in [5.41, 5.74) is 9.62. The van der Waals surface area contributed by atoms with Crippen LogP contribution >= 0.6 is 0 Å². The molecule has 2 aromatic carbocycles. The first-order valence-corrected chi connectivity index (χ1v) is 7.57. The molecule has 2 N–H and O–H groups in total. The molecule has 0 radical (unpaired) electrons. The van der Waals surface area contributed by atoms with Gasteiger partial charge < -0.3 is 10.6 Å². The summed E-state index contributed by atoms with van der Waals surface area (Å²) < 4.78 is 39.0. The van der Waals surface area contributed by atoms with E-state index in [2.05, 4.69) is 20.7 Å². The normalized spacial score (nSPS) is 13.8. The van der Waals surface area contributed by atoms with Crippen molar-refractivity contribution < 1.29 is 13.2 Å². The number of azide groups is 1. The third kappa shape index (κ3) is 4.51. The van der Waals surface area contributed by atoms with Crippen LogP contribution in [0.1, 0.15) is 28.8 Å². The maximum Gasteiger partial charge on any atom is 0.416 e. The topological polar surface area (TPSA) is 72.8 Å². The molecular formula is C17H18F3N5. The molecule has 25 heavy (non-hydrogen) atoms. The molecule has 8 heteroatoms. The zero-order valence-corrected chi connectivity index (χ0v) is 13.7. The van der Waals surface area contributed by atoms with Crippen LogP contribution in [0.4, 0.5) is 18.9 Å². The Morgan fingerprint density at radius 1 is 0.960 bits per heavy atom. The Morgan fingerprint density at radius 2 is 1.52 bits per heavy atom. The Hall–Kier alpha value is -2.54. The van der Waals surface area contributed by atoms with Gasteiger partial charge in [0.2, 0.25) is 0 Å². The SMILES string of the molecule is CNC(c1cccc(C(F)(F)F)c1)[C@H](NC)c1cccc(N=[N+]=[N-])c1. The summed E-state index contributed by atoms with van der Waals surface area (Å²) >= 11 is 0. The van der Waals surface area contributed by atoms with Crippen LogP contribution in [-0.2, 0) is 6.18 Å². The highest BCUT2D eigenvalue weighted by Crippen LogP contribution is 2.34. The van der Waals surface area contributed by atoms with Gasteiger partial charge >= 0.3 is 6.18 Å². The monoisotopic (exact) mass is 349 g/mol. The Labute approximate surface area is 143 Å². The van der Waals surface area contributed by atoms with E-state index in [0.717, 1.165) is 17.7 Å². The quantitative estimate of drug-likeness (QED) is 0.444. The summed E-state index contributed by atoms with van der Waals surface area (Å²) in [5, 5.41) is 9.75. The summed E-state index contributed by atoms with van der Waals surface area (Å²) in [4.78, 5) is 2.76. The van der Waals surface area contributed by atoms with Crippen LogP contribution in [0.3, 0.4) is 0 Å². The predicted molar refractivity (Wildman–Crippen MR) is 90.3 cm³/mol. The highest BCUT2D eigenvalue weighted by molar-refractivity contribution is 5.42. The van der Waals surface area contributed by atoms with Crippen molar-refractivity contribution in [3.63, 3.8) is 0 Å². The lowest BCUT2D eigenvalue weighted by Gasteiger charge is -2.28. The van der Waals surface area contributed by atoms with Gasteiger partial charge in [0.1, 0.15) is 0 Å². The number of likely N-dealkylation sites (N-methyl/N-ethyl adjacent to an activating group) is 2. The molecule has 0 aliphatic heterocycles. The number of benzene rings is 2. The first-order valence-electron chi connectivity index (χ1n) is 7.57. The zero-order valence-electron chi connectivity index (χ0n) is 13.7. The van der Waals surface area contributed by atoms with Gasteiger partial charge in [0.05, 0.1) is 17.6 Å². The van der Waals surface area contributed by atoms with E-state index in [9.17, 15) is 13.2 Å². The maximum atomic E-state index is 13.0. The highest BCUT2D eigenvalue weighted by atomic mass is 19.4. The van der Waals surface area contributed by atoms with Crippen LogP contribution < -0.4 is 10.6 Å². The van der Waals surface area contributed by atoms with Crippen molar-refractivity contribution in [2.75, 3.05) is 14.1 Å². The van der Waals surface area contributed by atoms with Crippen molar-refractivity contribution in [3.8, 4) is 0 Å². The minimum absolute atomic E-state index is 0.317. The maximum absolute atomic E-state index is 13.0. The lowest BCUT2D eigenvalue weighted by molar-refractivity contribution is -0.137. The van der Waals surface area contributed by atoms with Crippen molar-refractivity contribution in [2.45, 2.75) is 18.3 Å². The Bertz CT molecular complexity index is 769. The summed E-state index contributed by atoms with van der Waals surface area (Å²) in [6, 6.07) is 11.4. The van der Waals surface area contributed by atoms with Crippen LogP contribution in [0, 0.1) is 0 Å². The smallest absolute Gasteiger partial charge is 0.311 e. The van der Waals surface area contributed by atoms with Crippen molar-refractivity contribution in [1.29, 1.82) is 0 Å². The minimum atomic E-state index is -4.40. The van der Waals surface area contributed by atoms with Crippen LogP contribution in [0.5, 0.6) is 0 Å². The number of alkyl halides is 3. The summed E-state index contributed by atoms with van der Waals surface area (Å²) in [6.07, 6.45) is -4.40. The van der Waals surface area contributed by atoms with Gasteiger partial charge in [0.25, 0.3) is 0 Å². The zero-order chi connectivity index (χ0) is 18.4. The summed E-state index contributed by atoms with van der Waals surface area (Å²) in [5.74, 6) is 0. The fraction of sp³-hybridized carbons (Fsp3) is 0.294. The first-order chi connectivity index (χ1) is 11.9. The summed E-state index contributed by atoms with van der Waals surface area (Å²) in [6.45, 7) is 0. The predicted octanol–water partition coefficient (Wildman–Crippen LogP) is 4.87. The van der Waals surface area contributed by atoms with Crippen LogP contribution in [-0.4, -0.2) is 14.1 Å². The fourth-order valence-electron chi connectivity index (χ4n) is 2.79. The van der Waals surface area contributed by atoms with Gasteiger partial charge in [0, 0.05) is 10.6 Å². The van der Waals surface area contributed by atoms with Gasteiger partial charge in [0.15, 0.2) is 0 Å². The van der Waals surface area contributed by atoms with Crippen LogP contribution in [0.25, 0.3) is 10.4 Å². The van der Waals surface area contributed by atoms with Crippen molar-refractivity contribution in [1.82, 2.24) is 10.6 Å². The molecule has 2 atom stereocenters. The lowest BCUT2D eigenvalue weighted by atomic mass is 9.92. The molecule has 132 valence electrons. The number of nitrogens with one attached hydrogen (secondary N) is 2. The largest absolute Gasteiger partial charge is 0.416 e. The van der Waals surface area contributed by atoms with Crippen molar-refractivity contribution in [3.05, 3.63) is 75.7 Å². The second-order valence-electron chi connectivity index (χ2n) is 5.44. The Morgan fingerprint density at radius 3 is 2.04 bits per heavy atom. The molecule has 0 bridgehead atoms. The van der Waals surface area contributed by atoms with E-state index in [1.165, 1.54) is 6.07 Å². The molecule has 0 fully saturated rings. The van der Waals surface area contributed by atoms with Gasteiger partial charge in [-0.3, -0.25) is 0 Å². The molecule has 2 aromatic rings. The molecule has 0 amide bonds. The molecule has 5 nitrogen and oxygen atoms in total. The lowest BCUT2D eigenvalue weighted by Crippen LogP contribution is -2.32. The minimum Gasteiger partial charge on any atom is -0.311 e. The number of rotatable bonds is 6.